The van der Waals surface area contributed by atoms with Crippen LogP contribution in [0.2, 0.25) is 0 Å². The molecule has 0 heterocycles. The zero-order valence-corrected chi connectivity index (χ0v) is 10.8. The van der Waals surface area contributed by atoms with Gasteiger partial charge in [-0.15, -0.1) is 0 Å². The number of benzene rings is 1. The minimum atomic E-state index is -0.309. The highest BCUT2D eigenvalue weighted by Gasteiger charge is 2.00. The van der Waals surface area contributed by atoms with Crippen LogP contribution in [0.5, 0.6) is 0 Å². The summed E-state index contributed by atoms with van der Waals surface area (Å²) in [4.78, 5) is 13.3. The van der Waals surface area contributed by atoms with E-state index in [0.717, 1.165) is 11.3 Å². The molecule has 0 unspecified atom stereocenters. The zero-order valence-electron chi connectivity index (χ0n) is 10.8. The van der Waals surface area contributed by atoms with Crippen molar-refractivity contribution in [2.24, 2.45) is 0 Å². The summed E-state index contributed by atoms with van der Waals surface area (Å²) in [6, 6.07) is 7.95. The minimum Gasteiger partial charge on any atom is -0.460 e. The summed E-state index contributed by atoms with van der Waals surface area (Å²) in [5.74, 6) is -0.309. The molecule has 3 heteroatoms. The molecule has 0 aliphatic carbocycles. The summed E-state index contributed by atoms with van der Waals surface area (Å²) >= 11 is 0. The lowest BCUT2D eigenvalue weighted by molar-refractivity contribution is -0.141. The number of carbonyl (C=O) groups is 1. The maximum atomic E-state index is 11.3. The van der Waals surface area contributed by atoms with Crippen LogP contribution in [-0.2, 0) is 9.53 Å². The van der Waals surface area contributed by atoms with Crippen molar-refractivity contribution >= 4 is 17.7 Å². The molecule has 0 amide bonds. The Labute approximate surface area is 103 Å². The van der Waals surface area contributed by atoms with E-state index in [1.54, 1.807) is 6.08 Å². The molecule has 1 aromatic carbocycles. The molecule has 1 rings (SSSR count). The first-order valence-electron chi connectivity index (χ1n) is 5.65. The van der Waals surface area contributed by atoms with Crippen LogP contribution >= 0.6 is 0 Å². The van der Waals surface area contributed by atoms with Crippen LogP contribution in [0.1, 0.15) is 19.4 Å². The van der Waals surface area contributed by atoms with Gasteiger partial charge in [-0.05, 0) is 37.6 Å². The first kappa shape index (κ1) is 13.3. The Balaban J connectivity index is 2.63. The van der Waals surface area contributed by atoms with Gasteiger partial charge in [0, 0.05) is 25.9 Å². The largest absolute Gasteiger partial charge is 0.460 e. The van der Waals surface area contributed by atoms with Crippen molar-refractivity contribution < 1.29 is 9.53 Å². The van der Waals surface area contributed by atoms with Crippen molar-refractivity contribution in [3.63, 3.8) is 0 Å². The van der Waals surface area contributed by atoms with Gasteiger partial charge in [0.25, 0.3) is 0 Å². The summed E-state index contributed by atoms with van der Waals surface area (Å²) in [6.07, 6.45) is 3.12. The van der Waals surface area contributed by atoms with E-state index in [9.17, 15) is 4.79 Å². The standard InChI is InChI=1S/C14H19NO2/c1-11(2)17-14(16)10-7-12-5-8-13(9-6-12)15(3)4/h5-11H,1-4H3/b10-7+. The zero-order chi connectivity index (χ0) is 12.8. The Morgan fingerprint density at radius 2 is 1.82 bits per heavy atom. The number of carbonyl (C=O) groups excluding carboxylic acids is 1. The molecule has 0 aromatic heterocycles. The van der Waals surface area contributed by atoms with Crippen molar-refractivity contribution in [1.82, 2.24) is 0 Å². The molecule has 0 saturated heterocycles. The molecular weight excluding hydrogens is 214 g/mol. The number of esters is 1. The van der Waals surface area contributed by atoms with Gasteiger partial charge in [-0.2, -0.15) is 0 Å². The third kappa shape index (κ3) is 4.72. The van der Waals surface area contributed by atoms with Gasteiger partial charge < -0.3 is 9.64 Å². The fourth-order valence-corrected chi connectivity index (χ4v) is 1.32. The molecule has 0 aliphatic rings. The topological polar surface area (TPSA) is 29.5 Å². The normalized spacial score (nSPS) is 10.9. The number of ether oxygens (including phenoxy) is 1. The highest BCUT2D eigenvalue weighted by Crippen LogP contribution is 2.13. The van der Waals surface area contributed by atoms with Crippen LogP contribution in [0.3, 0.4) is 0 Å². The molecule has 0 saturated carbocycles. The number of hydrogen-bond donors (Lipinski definition) is 0. The molecule has 1 aromatic rings. The van der Waals surface area contributed by atoms with Crippen molar-refractivity contribution in [1.29, 1.82) is 0 Å². The molecule has 17 heavy (non-hydrogen) atoms. The van der Waals surface area contributed by atoms with Crippen LogP contribution in [0.4, 0.5) is 5.69 Å². The number of nitrogens with zero attached hydrogens (tertiary/aromatic N) is 1. The maximum absolute atomic E-state index is 11.3. The number of rotatable bonds is 4. The molecule has 0 radical (unpaired) electrons. The van der Waals surface area contributed by atoms with Crippen molar-refractivity contribution in [2.45, 2.75) is 20.0 Å². The monoisotopic (exact) mass is 233 g/mol. The fourth-order valence-electron chi connectivity index (χ4n) is 1.32. The molecule has 3 nitrogen and oxygen atoms in total. The maximum Gasteiger partial charge on any atom is 0.331 e. The summed E-state index contributed by atoms with van der Waals surface area (Å²) in [5.41, 5.74) is 2.11. The third-order valence-electron chi connectivity index (χ3n) is 2.17. The van der Waals surface area contributed by atoms with E-state index < -0.39 is 0 Å². The second-order valence-corrected chi connectivity index (χ2v) is 4.30. The Morgan fingerprint density at radius 3 is 2.29 bits per heavy atom. The van der Waals surface area contributed by atoms with Gasteiger partial charge in [0.15, 0.2) is 0 Å². The van der Waals surface area contributed by atoms with Gasteiger partial charge in [-0.3, -0.25) is 0 Å². The van der Waals surface area contributed by atoms with Gasteiger partial charge in [0.1, 0.15) is 0 Å². The average Bonchev–Trinajstić information content (AvgIpc) is 2.26. The summed E-state index contributed by atoms with van der Waals surface area (Å²) in [6.45, 7) is 3.66. The molecule has 92 valence electrons. The van der Waals surface area contributed by atoms with Crippen LogP contribution in [-0.4, -0.2) is 26.2 Å². The van der Waals surface area contributed by atoms with E-state index in [-0.39, 0.29) is 12.1 Å². The molecule has 0 atom stereocenters. The van der Waals surface area contributed by atoms with Crippen molar-refractivity contribution in [3.8, 4) is 0 Å². The second-order valence-electron chi connectivity index (χ2n) is 4.30. The molecule has 0 N–H and O–H groups in total. The van der Waals surface area contributed by atoms with Crippen molar-refractivity contribution in [2.75, 3.05) is 19.0 Å². The van der Waals surface area contributed by atoms with E-state index >= 15 is 0 Å². The summed E-state index contributed by atoms with van der Waals surface area (Å²) in [5, 5.41) is 0. The van der Waals surface area contributed by atoms with Gasteiger partial charge in [-0.25, -0.2) is 4.79 Å². The highest BCUT2D eigenvalue weighted by molar-refractivity contribution is 5.87. The Hall–Kier alpha value is -1.77. The SMILES string of the molecule is CC(C)OC(=O)/C=C/c1ccc(N(C)C)cc1. The number of anilines is 1. The van der Waals surface area contributed by atoms with Crippen LogP contribution < -0.4 is 4.90 Å². The summed E-state index contributed by atoms with van der Waals surface area (Å²) in [7, 11) is 3.98. The highest BCUT2D eigenvalue weighted by atomic mass is 16.5. The van der Waals surface area contributed by atoms with Gasteiger partial charge >= 0.3 is 5.97 Å². The second kappa shape index (κ2) is 6.09. The van der Waals surface area contributed by atoms with Gasteiger partial charge in [0.2, 0.25) is 0 Å². The first-order valence-corrected chi connectivity index (χ1v) is 5.65. The summed E-state index contributed by atoms with van der Waals surface area (Å²) < 4.78 is 5.00. The predicted octanol–water partition coefficient (Wildman–Crippen LogP) is 2.72. The quantitative estimate of drug-likeness (QED) is 0.591. The first-order chi connectivity index (χ1) is 7.99. The molecular formula is C14H19NO2. The van der Waals surface area contributed by atoms with Crippen LogP contribution in [0.15, 0.2) is 30.3 Å². The Bertz CT molecular complexity index is 391. The van der Waals surface area contributed by atoms with Crippen LogP contribution in [0, 0.1) is 0 Å². The Kier molecular flexibility index (Phi) is 4.76. The van der Waals surface area contributed by atoms with E-state index in [1.165, 1.54) is 6.08 Å². The Morgan fingerprint density at radius 1 is 1.24 bits per heavy atom. The molecule has 0 spiro atoms. The molecule has 0 bridgehead atoms. The third-order valence-corrected chi connectivity index (χ3v) is 2.17. The van der Waals surface area contributed by atoms with Gasteiger partial charge in [-0.1, -0.05) is 12.1 Å². The minimum absolute atomic E-state index is 0.0803. The lowest BCUT2D eigenvalue weighted by atomic mass is 10.2. The fraction of sp³-hybridized carbons (Fsp3) is 0.357. The number of hydrogen-bond acceptors (Lipinski definition) is 3. The predicted molar refractivity (Wildman–Crippen MR) is 71.0 cm³/mol. The average molecular weight is 233 g/mol. The van der Waals surface area contributed by atoms with Crippen molar-refractivity contribution in [3.05, 3.63) is 35.9 Å². The molecule has 0 aliphatic heterocycles. The van der Waals surface area contributed by atoms with Gasteiger partial charge in [0.05, 0.1) is 6.10 Å². The van der Waals surface area contributed by atoms with E-state index in [2.05, 4.69) is 0 Å². The van der Waals surface area contributed by atoms with Crippen LogP contribution in [0.25, 0.3) is 6.08 Å². The lowest BCUT2D eigenvalue weighted by Crippen LogP contribution is -2.08. The van der Waals surface area contributed by atoms with E-state index in [1.807, 2.05) is 57.1 Å². The smallest absolute Gasteiger partial charge is 0.331 e. The lowest BCUT2D eigenvalue weighted by Gasteiger charge is -2.11. The van der Waals surface area contributed by atoms with E-state index in [4.69, 9.17) is 4.74 Å². The van der Waals surface area contributed by atoms with E-state index in [0.29, 0.717) is 0 Å². The molecule has 0 fully saturated rings.